The van der Waals surface area contributed by atoms with Gasteiger partial charge in [-0.2, -0.15) is 0 Å². The predicted molar refractivity (Wildman–Crippen MR) is 65.3 cm³/mol. The molecule has 1 aliphatic rings. The van der Waals surface area contributed by atoms with Gasteiger partial charge >= 0.3 is 0 Å². The van der Waals surface area contributed by atoms with Gasteiger partial charge in [-0.25, -0.2) is 5.48 Å². The number of rotatable bonds is 2. The zero-order chi connectivity index (χ0) is 11.8. The molecular weight excluding hydrogens is 214 g/mol. The molecule has 1 unspecified atom stereocenters. The standard InChI is InChI=1S/C14H13NO2/c1-9(16)15-17-13-8-11-6-2-4-10-5-3-7-12(13)14(10)11/h2-7,13H,8H2,1H3,(H,15,16). The maximum absolute atomic E-state index is 10.9. The molecule has 0 heterocycles. The highest BCUT2D eigenvalue weighted by atomic mass is 16.7. The van der Waals surface area contributed by atoms with Crippen molar-refractivity contribution < 1.29 is 9.63 Å². The van der Waals surface area contributed by atoms with E-state index in [0.717, 1.165) is 12.0 Å². The van der Waals surface area contributed by atoms with Crippen molar-refractivity contribution in [2.24, 2.45) is 0 Å². The molecule has 1 aliphatic carbocycles. The molecule has 2 aromatic carbocycles. The third-order valence-corrected chi connectivity index (χ3v) is 3.12. The fraction of sp³-hybridized carbons (Fsp3) is 0.214. The summed E-state index contributed by atoms with van der Waals surface area (Å²) < 4.78 is 0. The summed E-state index contributed by atoms with van der Waals surface area (Å²) in [7, 11) is 0. The molecule has 0 fully saturated rings. The van der Waals surface area contributed by atoms with Crippen LogP contribution in [0.4, 0.5) is 0 Å². The van der Waals surface area contributed by atoms with Crippen LogP contribution < -0.4 is 5.48 Å². The van der Waals surface area contributed by atoms with Crippen molar-refractivity contribution in [1.82, 2.24) is 5.48 Å². The highest BCUT2D eigenvalue weighted by molar-refractivity contribution is 5.91. The third kappa shape index (κ3) is 1.68. The van der Waals surface area contributed by atoms with Crippen LogP contribution in [0.3, 0.4) is 0 Å². The van der Waals surface area contributed by atoms with Gasteiger partial charge in [-0.1, -0.05) is 36.4 Å². The third-order valence-electron chi connectivity index (χ3n) is 3.12. The number of carbonyl (C=O) groups is 1. The molecule has 0 bridgehead atoms. The van der Waals surface area contributed by atoms with E-state index in [9.17, 15) is 4.79 Å². The SMILES string of the molecule is CC(=O)NOC1Cc2cccc3cccc1c23. The fourth-order valence-electron chi connectivity index (χ4n) is 2.46. The first-order valence-electron chi connectivity index (χ1n) is 5.68. The summed E-state index contributed by atoms with van der Waals surface area (Å²) in [4.78, 5) is 16.3. The van der Waals surface area contributed by atoms with E-state index in [0.29, 0.717) is 0 Å². The monoisotopic (exact) mass is 227 g/mol. The van der Waals surface area contributed by atoms with Gasteiger partial charge in [0.25, 0.3) is 0 Å². The van der Waals surface area contributed by atoms with Crippen molar-refractivity contribution >= 4 is 16.7 Å². The van der Waals surface area contributed by atoms with Crippen LogP contribution in [0, 0.1) is 0 Å². The fourth-order valence-corrected chi connectivity index (χ4v) is 2.46. The lowest BCUT2D eigenvalue weighted by molar-refractivity contribution is -0.136. The Labute approximate surface area is 99.3 Å². The normalized spacial score (nSPS) is 17.4. The molecule has 0 spiro atoms. The van der Waals surface area contributed by atoms with Crippen molar-refractivity contribution in [3.05, 3.63) is 47.5 Å². The molecule has 86 valence electrons. The maximum Gasteiger partial charge on any atom is 0.240 e. The minimum atomic E-state index is -0.173. The average molecular weight is 227 g/mol. The molecular formula is C14H13NO2. The first-order valence-corrected chi connectivity index (χ1v) is 5.68. The molecule has 2 aromatic rings. The Morgan fingerprint density at radius 2 is 2.06 bits per heavy atom. The Balaban J connectivity index is 2.01. The van der Waals surface area contributed by atoms with E-state index in [1.807, 2.05) is 6.07 Å². The maximum atomic E-state index is 10.9. The summed E-state index contributed by atoms with van der Waals surface area (Å²) in [5, 5.41) is 2.50. The van der Waals surface area contributed by atoms with Crippen LogP contribution in [0.5, 0.6) is 0 Å². The zero-order valence-corrected chi connectivity index (χ0v) is 9.57. The summed E-state index contributed by atoms with van der Waals surface area (Å²) in [6.45, 7) is 1.45. The largest absolute Gasteiger partial charge is 0.273 e. The van der Waals surface area contributed by atoms with Gasteiger partial charge in [0.15, 0.2) is 0 Å². The van der Waals surface area contributed by atoms with Crippen LogP contribution in [-0.4, -0.2) is 5.91 Å². The molecule has 17 heavy (non-hydrogen) atoms. The highest BCUT2D eigenvalue weighted by Gasteiger charge is 2.25. The van der Waals surface area contributed by atoms with Gasteiger partial charge in [0, 0.05) is 13.3 Å². The lowest BCUT2D eigenvalue weighted by Gasteiger charge is -2.12. The van der Waals surface area contributed by atoms with E-state index in [1.165, 1.54) is 23.3 Å². The van der Waals surface area contributed by atoms with Crippen molar-refractivity contribution in [2.45, 2.75) is 19.4 Å². The molecule has 0 saturated heterocycles. The van der Waals surface area contributed by atoms with E-state index in [2.05, 4.69) is 35.8 Å². The van der Waals surface area contributed by atoms with Crippen LogP contribution >= 0.6 is 0 Å². The molecule has 0 saturated carbocycles. The van der Waals surface area contributed by atoms with Gasteiger partial charge < -0.3 is 0 Å². The molecule has 1 N–H and O–H groups in total. The van der Waals surface area contributed by atoms with Crippen molar-refractivity contribution in [3.63, 3.8) is 0 Å². The van der Waals surface area contributed by atoms with Crippen molar-refractivity contribution in [3.8, 4) is 0 Å². The minimum Gasteiger partial charge on any atom is -0.273 e. The van der Waals surface area contributed by atoms with Gasteiger partial charge in [-0.05, 0) is 21.9 Å². The second kappa shape index (κ2) is 3.86. The summed E-state index contributed by atoms with van der Waals surface area (Å²) in [5.74, 6) is -0.173. The Morgan fingerprint density at radius 3 is 2.82 bits per heavy atom. The number of amides is 1. The van der Waals surface area contributed by atoms with E-state index in [1.54, 1.807) is 0 Å². The minimum absolute atomic E-state index is 0.0694. The Kier molecular flexibility index (Phi) is 2.34. The van der Waals surface area contributed by atoms with Gasteiger partial charge in [0.2, 0.25) is 5.91 Å². The van der Waals surface area contributed by atoms with Crippen molar-refractivity contribution in [1.29, 1.82) is 0 Å². The van der Waals surface area contributed by atoms with Crippen LogP contribution in [0.25, 0.3) is 10.8 Å². The summed E-state index contributed by atoms with van der Waals surface area (Å²) in [5.41, 5.74) is 4.87. The lowest BCUT2D eigenvalue weighted by atomic mass is 10.1. The van der Waals surface area contributed by atoms with E-state index in [4.69, 9.17) is 4.84 Å². The number of carbonyl (C=O) groups excluding carboxylic acids is 1. The van der Waals surface area contributed by atoms with Crippen LogP contribution in [-0.2, 0) is 16.1 Å². The molecule has 3 rings (SSSR count). The predicted octanol–water partition coefficient (Wildman–Crippen LogP) is 2.50. The van der Waals surface area contributed by atoms with Crippen molar-refractivity contribution in [2.75, 3.05) is 0 Å². The van der Waals surface area contributed by atoms with E-state index in [-0.39, 0.29) is 12.0 Å². The number of benzene rings is 2. The van der Waals surface area contributed by atoms with E-state index >= 15 is 0 Å². The Morgan fingerprint density at radius 1 is 1.29 bits per heavy atom. The second-order valence-electron chi connectivity index (χ2n) is 4.33. The highest BCUT2D eigenvalue weighted by Crippen LogP contribution is 2.38. The molecule has 1 atom stereocenters. The lowest BCUT2D eigenvalue weighted by Crippen LogP contribution is -2.23. The van der Waals surface area contributed by atoms with Crippen LogP contribution in [0.1, 0.15) is 24.2 Å². The molecule has 0 aromatic heterocycles. The van der Waals surface area contributed by atoms with E-state index < -0.39 is 0 Å². The smallest absolute Gasteiger partial charge is 0.240 e. The first-order chi connectivity index (χ1) is 8.25. The number of hydroxylamine groups is 1. The zero-order valence-electron chi connectivity index (χ0n) is 9.57. The number of hydrogen-bond acceptors (Lipinski definition) is 2. The topological polar surface area (TPSA) is 38.3 Å². The average Bonchev–Trinajstić information content (AvgIpc) is 2.68. The Hall–Kier alpha value is -1.87. The van der Waals surface area contributed by atoms with Crippen LogP contribution in [0.15, 0.2) is 36.4 Å². The van der Waals surface area contributed by atoms with Crippen LogP contribution in [0.2, 0.25) is 0 Å². The summed E-state index contributed by atoms with van der Waals surface area (Å²) >= 11 is 0. The quantitative estimate of drug-likeness (QED) is 0.800. The summed E-state index contributed by atoms with van der Waals surface area (Å²) in [6, 6.07) is 12.5. The molecule has 0 radical (unpaired) electrons. The first kappa shape index (κ1) is 10.3. The molecule has 0 aliphatic heterocycles. The van der Waals surface area contributed by atoms with Gasteiger partial charge in [0.05, 0.1) is 0 Å². The molecule has 3 heteroatoms. The second-order valence-corrected chi connectivity index (χ2v) is 4.33. The van der Waals surface area contributed by atoms with Gasteiger partial charge in [-0.15, -0.1) is 0 Å². The summed E-state index contributed by atoms with van der Waals surface area (Å²) in [6.07, 6.45) is 0.747. The van der Waals surface area contributed by atoms with Gasteiger partial charge in [-0.3, -0.25) is 9.63 Å². The molecule has 3 nitrogen and oxygen atoms in total. The number of nitrogens with one attached hydrogen (secondary N) is 1. The number of hydrogen-bond donors (Lipinski definition) is 1. The Bertz CT molecular complexity index is 587. The molecule has 1 amide bonds. The van der Waals surface area contributed by atoms with Gasteiger partial charge in [0.1, 0.15) is 6.10 Å².